The van der Waals surface area contributed by atoms with Gasteiger partial charge in [-0.2, -0.15) is 0 Å². The summed E-state index contributed by atoms with van der Waals surface area (Å²) in [6.45, 7) is 1.89. The van der Waals surface area contributed by atoms with Crippen LogP contribution in [0, 0.1) is 12.8 Å². The van der Waals surface area contributed by atoms with Gasteiger partial charge in [0.15, 0.2) is 0 Å². The fourth-order valence-electron chi connectivity index (χ4n) is 3.25. The third-order valence-corrected chi connectivity index (χ3v) is 4.91. The Morgan fingerprint density at radius 3 is 2.57 bits per heavy atom. The highest BCUT2D eigenvalue weighted by Crippen LogP contribution is 2.32. The number of aryl methyl sites for hydroxylation is 1. The molecule has 1 unspecified atom stereocenters. The maximum Gasteiger partial charge on any atom is 0.329 e. The Balaban J connectivity index is 1.84. The van der Waals surface area contributed by atoms with Gasteiger partial charge in [0.1, 0.15) is 6.04 Å². The van der Waals surface area contributed by atoms with Gasteiger partial charge in [0.05, 0.1) is 5.69 Å². The second kappa shape index (κ2) is 5.68. The minimum absolute atomic E-state index is 0.146. The molecule has 2 aliphatic rings. The van der Waals surface area contributed by atoms with E-state index in [1.165, 1.54) is 11.3 Å². The quantitative estimate of drug-likeness (QED) is 0.848. The smallest absolute Gasteiger partial charge is 0.325 e. The van der Waals surface area contributed by atoms with Gasteiger partial charge in [-0.1, -0.05) is 36.9 Å². The number of hydrogen-bond donors (Lipinski definition) is 1. The Hall–Kier alpha value is -1.55. The van der Waals surface area contributed by atoms with E-state index in [4.69, 9.17) is 11.6 Å². The molecule has 112 valence electrons. The Labute approximate surface area is 129 Å². The first-order valence-electron chi connectivity index (χ1n) is 7.48. The zero-order valence-electron chi connectivity index (χ0n) is 12.1. The molecule has 21 heavy (non-hydrogen) atoms. The number of benzene rings is 1. The van der Waals surface area contributed by atoms with Crippen molar-refractivity contribution >= 4 is 29.2 Å². The van der Waals surface area contributed by atoms with Crippen molar-refractivity contribution in [1.82, 2.24) is 5.32 Å². The van der Waals surface area contributed by atoms with Crippen LogP contribution in [0.15, 0.2) is 18.2 Å². The van der Waals surface area contributed by atoms with E-state index >= 15 is 0 Å². The largest absolute Gasteiger partial charge is 0.329 e. The highest BCUT2D eigenvalue weighted by atomic mass is 35.5. The summed E-state index contributed by atoms with van der Waals surface area (Å²) in [5.41, 5.74) is 1.47. The lowest BCUT2D eigenvalue weighted by Crippen LogP contribution is -2.38. The molecule has 0 aromatic heterocycles. The topological polar surface area (TPSA) is 49.4 Å². The molecule has 1 N–H and O–H groups in total. The number of imide groups is 1. The number of halogens is 1. The monoisotopic (exact) mass is 306 g/mol. The van der Waals surface area contributed by atoms with E-state index in [0.717, 1.165) is 31.2 Å². The maximum atomic E-state index is 12.6. The van der Waals surface area contributed by atoms with E-state index in [1.54, 1.807) is 12.1 Å². The summed E-state index contributed by atoms with van der Waals surface area (Å²) < 4.78 is 0. The molecule has 1 saturated carbocycles. The van der Waals surface area contributed by atoms with Crippen LogP contribution in [0.1, 0.15) is 37.7 Å². The van der Waals surface area contributed by atoms with E-state index in [-0.39, 0.29) is 23.9 Å². The van der Waals surface area contributed by atoms with Gasteiger partial charge >= 0.3 is 6.03 Å². The molecular weight excluding hydrogens is 288 g/mol. The first-order valence-corrected chi connectivity index (χ1v) is 7.86. The molecule has 1 aliphatic heterocycles. The number of urea groups is 1. The van der Waals surface area contributed by atoms with Gasteiger partial charge in [-0.15, -0.1) is 0 Å². The third-order valence-electron chi connectivity index (χ3n) is 4.50. The number of carbonyl (C=O) groups excluding carboxylic acids is 2. The highest BCUT2D eigenvalue weighted by Gasteiger charge is 2.43. The average Bonchev–Trinajstić information content (AvgIpc) is 2.78. The Morgan fingerprint density at radius 2 is 1.90 bits per heavy atom. The van der Waals surface area contributed by atoms with Crippen molar-refractivity contribution in [3.63, 3.8) is 0 Å². The van der Waals surface area contributed by atoms with Gasteiger partial charge in [0.25, 0.3) is 5.91 Å². The molecule has 1 atom stereocenters. The lowest BCUT2D eigenvalue weighted by Gasteiger charge is -2.25. The predicted octanol–water partition coefficient (Wildman–Crippen LogP) is 3.65. The Kier molecular flexibility index (Phi) is 3.89. The minimum atomic E-state index is -0.377. The number of nitrogens with one attached hydrogen (secondary N) is 1. The predicted molar refractivity (Wildman–Crippen MR) is 82.6 cm³/mol. The van der Waals surface area contributed by atoms with Crippen LogP contribution < -0.4 is 10.2 Å². The third kappa shape index (κ3) is 2.64. The Morgan fingerprint density at radius 1 is 1.19 bits per heavy atom. The fourth-order valence-corrected chi connectivity index (χ4v) is 3.43. The highest BCUT2D eigenvalue weighted by molar-refractivity contribution is 6.32. The van der Waals surface area contributed by atoms with E-state index in [9.17, 15) is 9.59 Å². The molecule has 3 amide bonds. The van der Waals surface area contributed by atoms with Crippen LogP contribution in [0.3, 0.4) is 0 Å². The number of rotatable bonds is 2. The van der Waals surface area contributed by atoms with Gasteiger partial charge in [-0.25, -0.2) is 9.69 Å². The van der Waals surface area contributed by atoms with Crippen molar-refractivity contribution in [2.24, 2.45) is 5.92 Å². The molecule has 1 saturated heterocycles. The summed E-state index contributed by atoms with van der Waals surface area (Å²) in [5.74, 6) is 0.118. The molecule has 4 nitrogen and oxygen atoms in total. The number of nitrogens with zero attached hydrogens (tertiary/aromatic N) is 1. The molecule has 1 aromatic carbocycles. The Bertz CT molecular complexity index is 582. The molecule has 0 bridgehead atoms. The van der Waals surface area contributed by atoms with Crippen LogP contribution in [0.5, 0.6) is 0 Å². The lowest BCUT2D eigenvalue weighted by atomic mass is 9.84. The van der Waals surface area contributed by atoms with Crippen molar-refractivity contribution in [2.75, 3.05) is 4.90 Å². The summed E-state index contributed by atoms with van der Waals surface area (Å²) in [7, 11) is 0. The van der Waals surface area contributed by atoms with Crippen molar-refractivity contribution in [2.45, 2.75) is 45.1 Å². The second-order valence-corrected chi connectivity index (χ2v) is 6.34. The number of carbonyl (C=O) groups is 2. The van der Waals surface area contributed by atoms with Gasteiger partial charge < -0.3 is 5.32 Å². The van der Waals surface area contributed by atoms with Crippen LogP contribution in [0.2, 0.25) is 5.02 Å². The molecule has 5 heteroatoms. The average molecular weight is 307 g/mol. The van der Waals surface area contributed by atoms with Crippen LogP contribution in [-0.2, 0) is 4.79 Å². The normalized spacial score (nSPS) is 23.5. The summed E-state index contributed by atoms with van der Waals surface area (Å²) in [5, 5.41) is 3.41. The first kappa shape index (κ1) is 14.4. The number of anilines is 1. The zero-order valence-corrected chi connectivity index (χ0v) is 12.8. The van der Waals surface area contributed by atoms with E-state index in [0.29, 0.717) is 10.7 Å². The van der Waals surface area contributed by atoms with Gasteiger partial charge in [-0.3, -0.25) is 4.79 Å². The number of hydrogen-bond acceptors (Lipinski definition) is 2. The van der Waals surface area contributed by atoms with Crippen molar-refractivity contribution in [3.8, 4) is 0 Å². The van der Waals surface area contributed by atoms with Crippen LogP contribution in [-0.4, -0.2) is 18.0 Å². The van der Waals surface area contributed by atoms with Gasteiger partial charge in [-0.05, 0) is 43.4 Å². The number of amides is 3. The molecule has 1 heterocycles. The van der Waals surface area contributed by atoms with E-state index in [1.807, 2.05) is 13.0 Å². The molecule has 2 fully saturated rings. The van der Waals surface area contributed by atoms with Crippen molar-refractivity contribution in [1.29, 1.82) is 0 Å². The van der Waals surface area contributed by atoms with Gasteiger partial charge in [0.2, 0.25) is 0 Å². The zero-order chi connectivity index (χ0) is 15.0. The molecule has 3 rings (SSSR count). The van der Waals surface area contributed by atoms with Crippen molar-refractivity contribution < 1.29 is 9.59 Å². The fraction of sp³-hybridized carbons (Fsp3) is 0.500. The molecular formula is C16H19ClN2O2. The summed E-state index contributed by atoms with van der Waals surface area (Å²) >= 11 is 6.10. The van der Waals surface area contributed by atoms with E-state index in [2.05, 4.69) is 5.32 Å². The lowest BCUT2D eigenvalue weighted by molar-refractivity contribution is -0.119. The summed E-state index contributed by atoms with van der Waals surface area (Å²) in [6, 6.07) is 4.56. The molecule has 0 spiro atoms. The minimum Gasteiger partial charge on any atom is -0.325 e. The maximum absolute atomic E-state index is 12.6. The summed E-state index contributed by atoms with van der Waals surface area (Å²) in [4.78, 5) is 26.0. The molecule has 1 aromatic rings. The van der Waals surface area contributed by atoms with Crippen LogP contribution in [0.25, 0.3) is 0 Å². The molecule has 1 aliphatic carbocycles. The first-order chi connectivity index (χ1) is 10.1. The molecule has 0 radical (unpaired) electrons. The SMILES string of the molecule is Cc1ccc(N2C(=O)NC(C3CCCCC3)C2=O)cc1Cl. The van der Waals surface area contributed by atoms with Crippen LogP contribution >= 0.6 is 11.6 Å². The summed E-state index contributed by atoms with van der Waals surface area (Å²) in [6.07, 6.45) is 5.53. The second-order valence-electron chi connectivity index (χ2n) is 5.93. The van der Waals surface area contributed by atoms with Crippen molar-refractivity contribution in [3.05, 3.63) is 28.8 Å². The van der Waals surface area contributed by atoms with Gasteiger partial charge in [0, 0.05) is 5.02 Å². The standard InChI is InChI=1S/C16H19ClN2O2/c1-10-7-8-12(9-13(10)17)19-15(20)14(18-16(19)21)11-5-3-2-4-6-11/h7-9,11,14H,2-6H2,1H3,(H,18,21). The van der Waals surface area contributed by atoms with E-state index < -0.39 is 0 Å². The van der Waals surface area contributed by atoms with Crippen LogP contribution in [0.4, 0.5) is 10.5 Å².